The Bertz CT molecular complexity index is 432. The van der Waals surface area contributed by atoms with Crippen molar-refractivity contribution in [3.63, 3.8) is 0 Å². The number of furan rings is 1. The zero-order valence-corrected chi connectivity index (χ0v) is 9.10. The summed E-state index contributed by atoms with van der Waals surface area (Å²) in [6, 6.07) is 0. The van der Waals surface area contributed by atoms with E-state index in [2.05, 4.69) is 4.72 Å². The highest BCUT2D eigenvalue weighted by molar-refractivity contribution is 7.89. The molecular weight excluding hydrogens is 206 g/mol. The van der Waals surface area contributed by atoms with E-state index in [1.165, 1.54) is 7.05 Å². The molecule has 0 saturated carbocycles. The number of nitrogens with one attached hydrogen (secondary N) is 1. The molecule has 0 spiro atoms. The van der Waals surface area contributed by atoms with Crippen LogP contribution < -0.4 is 4.72 Å². The minimum absolute atomic E-state index is 0.0417. The average Bonchev–Trinajstić information content (AvgIpc) is 2.40. The highest BCUT2D eigenvalue weighted by Gasteiger charge is 2.24. The Hall–Kier alpha value is -0.850. The van der Waals surface area contributed by atoms with Crippen molar-refractivity contribution in [2.45, 2.75) is 25.3 Å². The smallest absolute Gasteiger partial charge is 0.244 e. The summed E-state index contributed by atoms with van der Waals surface area (Å²) in [5.74, 6) is 0.722. The lowest BCUT2D eigenvalue weighted by Crippen LogP contribution is -2.20. The molecule has 0 aliphatic heterocycles. The first-order valence-corrected chi connectivity index (χ1v) is 5.55. The topological polar surface area (TPSA) is 79.5 Å². The molecule has 2 N–H and O–H groups in total. The van der Waals surface area contributed by atoms with E-state index < -0.39 is 10.0 Å². The lowest BCUT2D eigenvalue weighted by atomic mass is 10.2. The zero-order valence-electron chi connectivity index (χ0n) is 8.29. The zero-order chi connectivity index (χ0) is 10.9. The summed E-state index contributed by atoms with van der Waals surface area (Å²) < 4.78 is 30.4. The third kappa shape index (κ3) is 1.68. The molecule has 1 rings (SSSR count). The first-order chi connectivity index (χ1) is 6.44. The van der Waals surface area contributed by atoms with Crippen LogP contribution >= 0.6 is 0 Å². The minimum Gasteiger partial charge on any atom is -0.465 e. The SMILES string of the molecule is CNS(=O)(=O)c1c(C)oc(C)c1CO. The van der Waals surface area contributed by atoms with E-state index in [0.717, 1.165) is 0 Å². The Morgan fingerprint density at radius 3 is 2.36 bits per heavy atom. The quantitative estimate of drug-likeness (QED) is 0.766. The van der Waals surface area contributed by atoms with Gasteiger partial charge in [-0.15, -0.1) is 0 Å². The average molecular weight is 219 g/mol. The Morgan fingerprint density at radius 1 is 1.36 bits per heavy atom. The molecule has 1 aromatic heterocycles. The van der Waals surface area contributed by atoms with Gasteiger partial charge in [0.1, 0.15) is 16.4 Å². The van der Waals surface area contributed by atoms with Gasteiger partial charge < -0.3 is 9.52 Å². The number of aliphatic hydroxyl groups excluding tert-OH is 1. The van der Waals surface area contributed by atoms with E-state index >= 15 is 0 Å². The van der Waals surface area contributed by atoms with Crippen LogP contribution in [-0.2, 0) is 16.6 Å². The standard InChI is InChI=1S/C8H13NO4S/c1-5-7(4-10)8(6(2)13-5)14(11,12)9-3/h9-10H,4H2,1-3H3. The summed E-state index contributed by atoms with van der Waals surface area (Å²) >= 11 is 0. The minimum atomic E-state index is -3.55. The van der Waals surface area contributed by atoms with E-state index in [0.29, 0.717) is 17.1 Å². The lowest BCUT2D eigenvalue weighted by Gasteiger charge is -2.02. The second-order valence-corrected chi connectivity index (χ2v) is 4.71. The predicted molar refractivity (Wildman–Crippen MR) is 50.4 cm³/mol. The highest BCUT2D eigenvalue weighted by Crippen LogP contribution is 2.25. The van der Waals surface area contributed by atoms with Gasteiger partial charge >= 0.3 is 0 Å². The molecule has 5 nitrogen and oxygen atoms in total. The van der Waals surface area contributed by atoms with Crippen molar-refractivity contribution < 1.29 is 17.9 Å². The molecule has 0 aromatic carbocycles. The second kappa shape index (κ2) is 3.72. The molecule has 0 atom stereocenters. The molecule has 0 fully saturated rings. The molecular formula is C8H13NO4S. The fraction of sp³-hybridized carbons (Fsp3) is 0.500. The van der Waals surface area contributed by atoms with Crippen LogP contribution in [0.25, 0.3) is 0 Å². The van der Waals surface area contributed by atoms with Gasteiger partial charge in [-0.25, -0.2) is 13.1 Å². The van der Waals surface area contributed by atoms with Crippen LogP contribution in [0.15, 0.2) is 9.31 Å². The summed E-state index contributed by atoms with van der Waals surface area (Å²) in [6.45, 7) is 2.82. The van der Waals surface area contributed by atoms with Gasteiger partial charge in [-0.2, -0.15) is 0 Å². The number of hydrogen-bond donors (Lipinski definition) is 2. The fourth-order valence-electron chi connectivity index (χ4n) is 1.35. The second-order valence-electron chi connectivity index (χ2n) is 2.89. The van der Waals surface area contributed by atoms with Gasteiger partial charge in [-0.05, 0) is 20.9 Å². The molecule has 0 saturated heterocycles. The maximum absolute atomic E-state index is 11.5. The monoisotopic (exact) mass is 219 g/mol. The number of sulfonamides is 1. The number of aryl methyl sites for hydroxylation is 2. The maximum atomic E-state index is 11.5. The Kier molecular flexibility index (Phi) is 2.98. The molecule has 0 radical (unpaired) electrons. The summed E-state index contributed by atoms with van der Waals surface area (Å²) in [4.78, 5) is 0.0417. The van der Waals surface area contributed by atoms with Crippen LogP contribution in [0.1, 0.15) is 17.1 Å². The Morgan fingerprint density at radius 2 is 1.93 bits per heavy atom. The normalized spacial score (nSPS) is 12.0. The Labute approximate surface area is 82.8 Å². The van der Waals surface area contributed by atoms with E-state index in [-0.39, 0.29) is 11.5 Å². The predicted octanol–water partition coefficient (Wildman–Crippen LogP) is 0.297. The third-order valence-corrected chi connectivity index (χ3v) is 3.63. The van der Waals surface area contributed by atoms with Crippen molar-refractivity contribution in [3.05, 3.63) is 17.1 Å². The van der Waals surface area contributed by atoms with Gasteiger partial charge in [0, 0.05) is 5.56 Å². The Balaban J connectivity index is 3.48. The first-order valence-electron chi connectivity index (χ1n) is 4.07. The van der Waals surface area contributed by atoms with Crippen molar-refractivity contribution in [1.82, 2.24) is 4.72 Å². The van der Waals surface area contributed by atoms with Crippen LogP contribution in [0, 0.1) is 13.8 Å². The van der Waals surface area contributed by atoms with Crippen molar-refractivity contribution in [3.8, 4) is 0 Å². The summed E-state index contributed by atoms with van der Waals surface area (Å²) in [5.41, 5.74) is 0.317. The van der Waals surface area contributed by atoms with E-state index in [1.54, 1.807) is 13.8 Å². The van der Waals surface area contributed by atoms with Gasteiger partial charge in [0.2, 0.25) is 10.0 Å². The molecule has 80 valence electrons. The van der Waals surface area contributed by atoms with Crippen LogP contribution in [0.4, 0.5) is 0 Å². The van der Waals surface area contributed by atoms with Gasteiger partial charge in [0.25, 0.3) is 0 Å². The van der Waals surface area contributed by atoms with Crippen LogP contribution in [0.5, 0.6) is 0 Å². The number of aliphatic hydroxyl groups is 1. The molecule has 0 amide bonds. The van der Waals surface area contributed by atoms with Gasteiger partial charge in [-0.3, -0.25) is 0 Å². The number of hydrogen-bond acceptors (Lipinski definition) is 4. The van der Waals surface area contributed by atoms with Crippen LogP contribution in [0.2, 0.25) is 0 Å². The molecule has 0 unspecified atom stereocenters. The fourth-order valence-corrected chi connectivity index (χ4v) is 2.50. The van der Waals surface area contributed by atoms with E-state index in [1.807, 2.05) is 0 Å². The van der Waals surface area contributed by atoms with Gasteiger partial charge in [-0.1, -0.05) is 0 Å². The summed E-state index contributed by atoms with van der Waals surface area (Å²) in [7, 11) is -2.24. The first kappa shape index (κ1) is 11.2. The summed E-state index contributed by atoms with van der Waals surface area (Å²) in [6.07, 6.45) is 0. The molecule has 0 aliphatic rings. The number of rotatable bonds is 3. The molecule has 0 aliphatic carbocycles. The highest BCUT2D eigenvalue weighted by atomic mass is 32.2. The van der Waals surface area contributed by atoms with Crippen molar-refractivity contribution in [1.29, 1.82) is 0 Å². The molecule has 0 bridgehead atoms. The van der Waals surface area contributed by atoms with Gasteiger partial charge in [0.05, 0.1) is 6.61 Å². The lowest BCUT2D eigenvalue weighted by molar-refractivity contribution is 0.276. The third-order valence-electron chi connectivity index (χ3n) is 2.02. The van der Waals surface area contributed by atoms with Crippen molar-refractivity contribution >= 4 is 10.0 Å². The molecule has 1 aromatic rings. The largest absolute Gasteiger partial charge is 0.465 e. The van der Waals surface area contributed by atoms with Crippen LogP contribution in [-0.4, -0.2) is 20.6 Å². The molecule has 1 heterocycles. The van der Waals surface area contributed by atoms with Crippen molar-refractivity contribution in [2.24, 2.45) is 0 Å². The maximum Gasteiger partial charge on any atom is 0.244 e. The molecule has 14 heavy (non-hydrogen) atoms. The van der Waals surface area contributed by atoms with E-state index in [4.69, 9.17) is 9.52 Å². The van der Waals surface area contributed by atoms with Crippen LogP contribution in [0.3, 0.4) is 0 Å². The summed E-state index contributed by atoms with van der Waals surface area (Å²) in [5, 5.41) is 9.02. The van der Waals surface area contributed by atoms with Crippen molar-refractivity contribution in [2.75, 3.05) is 7.05 Å². The van der Waals surface area contributed by atoms with Gasteiger partial charge in [0.15, 0.2) is 0 Å². The molecule has 6 heteroatoms. The van der Waals surface area contributed by atoms with E-state index in [9.17, 15) is 8.42 Å².